The number of aliphatic carboxylic acids is 2. The van der Waals surface area contributed by atoms with Crippen molar-refractivity contribution in [2.75, 3.05) is 0 Å². The van der Waals surface area contributed by atoms with Crippen LogP contribution in [0.5, 0.6) is 0 Å². The summed E-state index contributed by atoms with van der Waals surface area (Å²) in [7, 11) is 0. The fourth-order valence-electron chi connectivity index (χ4n) is 1.40. The Labute approximate surface area is 106 Å². The Morgan fingerprint density at radius 1 is 1.33 bits per heavy atom. The first-order valence-corrected chi connectivity index (χ1v) is 5.09. The van der Waals surface area contributed by atoms with Crippen LogP contribution in [0, 0.1) is 16.0 Å². The fraction of sp³-hybridized carbons (Fsp3) is 0.200. The number of halogens is 1. The Hall–Kier alpha value is -2.15. The molecule has 0 unspecified atom stereocenters. The van der Waals surface area contributed by atoms with Crippen LogP contribution < -0.4 is 0 Å². The molecule has 0 aliphatic rings. The second-order valence-electron chi connectivity index (χ2n) is 3.43. The van der Waals surface area contributed by atoms with Gasteiger partial charge in [-0.3, -0.25) is 19.7 Å². The number of carboxylic acids is 2. The third kappa shape index (κ3) is 2.95. The van der Waals surface area contributed by atoms with Crippen LogP contribution in [0.25, 0.3) is 0 Å². The van der Waals surface area contributed by atoms with Gasteiger partial charge < -0.3 is 10.2 Å². The van der Waals surface area contributed by atoms with Crippen LogP contribution in [-0.2, 0) is 16.0 Å². The molecule has 0 aromatic heterocycles. The van der Waals surface area contributed by atoms with Gasteiger partial charge in [-0.1, -0.05) is 17.7 Å². The first kappa shape index (κ1) is 13.9. The van der Waals surface area contributed by atoms with Gasteiger partial charge in [0.15, 0.2) is 5.92 Å². The zero-order chi connectivity index (χ0) is 13.9. The van der Waals surface area contributed by atoms with Gasteiger partial charge in [-0.15, -0.1) is 0 Å². The van der Waals surface area contributed by atoms with Crippen molar-refractivity contribution in [1.29, 1.82) is 0 Å². The number of nitrogens with zero attached hydrogens (tertiary/aromatic N) is 1. The summed E-state index contributed by atoms with van der Waals surface area (Å²) in [5.74, 6) is -4.92. The summed E-state index contributed by atoms with van der Waals surface area (Å²) < 4.78 is 0. The summed E-state index contributed by atoms with van der Waals surface area (Å²) >= 11 is 5.74. The van der Waals surface area contributed by atoms with Gasteiger partial charge in [0.2, 0.25) is 0 Å². The molecular weight excluding hydrogens is 266 g/mol. The minimum atomic E-state index is -1.77. The summed E-state index contributed by atoms with van der Waals surface area (Å²) in [6.07, 6.45) is -0.541. The molecule has 1 rings (SSSR count). The molecule has 0 bridgehead atoms. The number of benzene rings is 1. The fourth-order valence-corrected chi connectivity index (χ4v) is 1.65. The highest BCUT2D eigenvalue weighted by Gasteiger charge is 2.30. The highest BCUT2D eigenvalue weighted by Crippen LogP contribution is 2.28. The van der Waals surface area contributed by atoms with Crippen LogP contribution in [0.2, 0.25) is 5.02 Å². The van der Waals surface area contributed by atoms with E-state index in [-0.39, 0.29) is 10.6 Å². The number of rotatable bonds is 5. The van der Waals surface area contributed by atoms with Crippen molar-refractivity contribution in [3.8, 4) is 0 Å². The molecule has 8 heteroatoms. The van der Waals surface area contributed by atoms with Crippen LogP contribution in [-0.4, -0.2) is 27.1 Å². The highest BCUT2D eigenvalue weighted by molar-refractivity contribution is 6.31. The first-order chi connectivity index (χ1) is 8.34. The van der Waals surface area contributed by atoms with Crippen LogP contribution in [0.3, 0.4) is 0 Å². The SMILES string of the molecule is O=C(O)C(Cc1c(Cl)cccc1[N+](=O)[O-])C(=O)O. The topological polar surface area (TPSA) is 118 Å². The van der Waals surface area contributed by atoms with Gasteiger partial charge in [0.1, 0.15) is 0 Å². The van der Waals surface area contributed by atoms with Gasteiger partial charge in [-0.25, -0.2) is 0 Å². The Morgan fingerprint density at radius 2 is 1.89 bits per heavy atom. The van der Waals surface area contributed by atoms with E-state index in [4.69, 9.17) is 21.8 Å². The van der Waals surface area contributed by atoms with E-state index in [9.17, 15) is 19.7 Å². The molecule has 0 aliphatic carbocycles. The molecule has 96 valence electrons. The van der Waals surface area contributed by atoms with Gasteiger partial charge in [-0.2, -0.15) is 0 Å². The molecule has 7 nitrogen and oxygen atoms in total. The van der Waals surface area contributed by atoms with Crippen LogP contribution in [0.4, 0.5) is 5.69 Å². The minimum Gasteiger partial charge on any atom is -0.481 e. The van der Waals surface area contributed by atoms with Crippen molar-refractivity contribution in [2.24, 2.45) is 5.92 Å². The predicted octanol–water partition coefficient (Wildman–Crippen LogP) is 1.58. The predicted molar refractivity (Wildman–Crippen MR) is 60.6 cm³/mol. The van der Waals surface area contributed by atoms with Crippen molar-refractivity contribution >= 4 is 29.2 Å². The summed E-state index contributed by atoms with van der Waals surface area (Å²) in [4.78, 5) is 31.5. The summed E-state index contributed by atoms with van der Waals surface area (Å²) in [6, 6.07) is 3.81. The molecule has 0 heterocycles. The van der Waals surface area contributed by atoms with Gasteiger partial charge in [0, 0.05) is 18.1 Å². The Bertz CT molecular complexity index is 501. The van der Waals surface area contributed by atoms with Crippen molar-refractivity contribution in [2.45, 2.75) is 6.42 Å². The van der Waals surface area contributed by atoms with Crippen LogP contribution in [0.15, 0.2) is 18.2 Å². The molecule has 0 spiro atoms. The van der Waals surface area contributed by atoms with Crippen molar-refractivity contribution in [3.05, 3.63) is 38.9 Å². The average molecular weight is 274 g/mol. The van der Waals surface area contributed by atoms with Gasteiger partial charge in [-0.05, 0) is 6.07 Å². The number of hydrogen-bond donors (Lipinski definition) is 2. The Kier molecular flexibility index (Phi) is 4.22. The van der Waals surface area contributed by atoms with E-state index in [0.717, 1.165) is 6.07 Å². The molecule has 0 saturated carbocycles. The van der Waals surface area contributed by atoms with Gasteiger partial charge in [0.05, 0.1) is 9.95 Å². The average Bonchev–Trinajstić information content (AvgIpc) is 2.25. The normalized spacial score (nSPS) is 10.3. The number of nitro groups is 1. The lowest BCUT2D eigenvalue weighted by molar-refractivity contribution is -0.385. The minimum absolute atomic E-state index is 0.0308. The molecule has 0 fully saturated rings. The molecular formula is C10H8ClNO6. The summed E-state index contributed by atoms with van der Waals surface area (Å²) in [5, 5.41) is 28.2. The summed E-state index contributed by atoms with van der Waals surface area (Å²) in [5.41, 5.74) is -0.492. The van der Waals surface area contributed by atoms with Gasteiger partial charge in [0.25, 0.3) is 5.69 Å². The standard InChI is InChI=1S/C10H8ClNO6/c11-7-2-1-3-8(12(17)18)5(7)4-6(9(13)14)10(15)16/h1-3,6H,4H2,(H,13,14)(H,15,16). The molecule has 18 heavy (non-hydrogen) atoms. The van der Waals surface area contributed by atoms with Crippen LogP contribution >= 0.6 is 11.6 Å². The van der Waals surface area contributed by atoms with Crippen molar-refractivity contribution in [3.63, 3.8) is 0 Å². The maximum Gasteiger partial charge on any atom is 0.318 e. The summed E-state index contributed by atoms with van der Waals surface area (Å²) in [6.45, 7) is 0. The molecule has 1 aromatic carbocycles. The van der Waals surface area contributed by atoms with E-state index in [1.807, 2.05) is 0 Å². The van der Waals surface area contributed by atoms with E-state index in [1.54, 1.807) is 0 Å². The smallest absolute Gasteiger partial charge is 0.318 e. The first-order valence-electron chi connectivity index (χ1n) is 4.72. The lowest BCUT2D eigenvalue weighted by atomic mass is 9.98. The highest BCUT2D eigenvalue weighted by atomic mass is 35.5. The molecule has 1 aromatic rings. The maximum absolute atomic E-state index is 10.7. The molecule has 0 amide bonds. The number of nitro benzene ring substituents is 1. The number of carbonyl (C=O) groups is 2. The third-order valence-electron chi connectivity index (χ3n) is 2.30. The van der Waals surface area contributed by atoms with E-state index in [2.05, 4.69) is 0 Å². The third-order valence-corrected chi connectivity index (χ3v) is 2.65. The van der Waals surface area contributed by atoms with Crippen molar-refractivity contribution in [1.82, 2.24) is 0 Å². The monoisotopic (exact) mass is 273 g/mol. The second kappa shape index (κ2) is 5.46. The van der Waals surface area contributed by atoms with E-state index < -0.39 is 34.9 Å². The number of hydrogen-bond acceptors (Lipinski definition) is 4. The molecule has 0 radical (unpaired) electrons. The van der Waals surface area contributed by atoms with Crippen molar-refractivity contribution < 1.29 is 24.7 Å². The van der Waals surface area contributed by atoms with E-state index >= 15 is 0 Å². The second-order valence-corrected chi connectivity index (χ2v) is 3.84. The lowest BCUT2D eigenvalue weighted by Gasteiger charge is -2.09. The zero-order valence-electron chi connectivity index (χ0n) is 8.87. The molecule has 0 saturated heterocycles. The maximum atomic E-state index is 10.7. The lowest BCUT2D eigenvalue weighted by Crippen LogP contribution is -2.26. The largest absolute Gasteiger partial charge is 0.481 e. The van der Waals surface area contributed by atoms with E-state index in [1.165, 1.54) is 12.1 Å². The zero-order valence-corrected chi connectivity index (χ0v) is 9.63. The van der Waals surface area contributed by atoms with Gasteiger partial charge >= 0.3 is 11.9 Å². The molecule has 0 atom stereocenters. The molecule has 0 aliphatic heterocycles. The molecule has 2 N–H and O–H groups in total. The van der Waals surface area contributed by atoms with E-state index in [0.29, 0.717) is 0 Å². The van der Waals surface area contributed by atoms with Crippen LogP contribution in [0.1, 0.15) is 5.56 Å². The Balaban J connectivity index is 3.20. The number of carboxylic acid groups (broad SMARTS) is 2. The quantitative estimate of drug-likeness (QED) is 0.478. The Morgan fingerprint density at radius 3 is 2.33 bits per heavy atom.